The van der Waals surface area contributed by atoms with E-state index in [2.05, 4.69) is 25.8 Å². The summed E-state index contributed by atoms with van der Waals surface area (Å²) < 4.78 is 7.44. The summed E-state index contributed by atoms with van der Waals surface area (Å²) in [5.41, 5.74) is 3.38. The third-order valence-corrected chi connectivity index (χ3v) is 6.38. The molecule has 0 spiro atoms. The van der Waals surface area contributed by atoms with Crippen molar-refractivity contribution in [1.82, 2.24) is 19.7 Å². The first-order valence-electron chi connectivity index (χ1n) is 11.3. The first kappa shape index (κ1) is 24.9. The third-order valence-electron chi connectivity index (χ3n) is 5.41. The number of amides is 2. The highest BCUT2D eigenvalue weighted by Gasteiger charge is 2.17. The number of methoxy groups -OCH3 is 1. The Balaban J connectivity index is 1.43. The number of nitrogens with one attached hydrogen (secondary N) is 2. The van der Waals surface area contributed by atoms with Gasteiger partial charge in [0.1, 0.15) is 5.75 Å². The molecule has 36 heavy (non-hydrogen) atoms. The van der Waals surface area contributed by atoms with Crippen molar-refractivity contribution >= 4 is 35.0 Å². The molecule has 2 N–H and O–H groups in total. The molecule has 184 valence electrons. The SMILES string of the molecule is CCn1c(SCC(=O)Nc2cc(C)c(NC(=O)c3ccccc3)cc2OC)nnc1-c1ccncc1. The van der Waals surface area contributed by atoms with Crippen molar-refractivity contribution in [3.63, 3.8) is 0 Å². The van der Waals surface area contributed by atoms with Gasteiger partial charge in [-0.05, 0) is 49.7 Å². The van der Waals surface area contributed by atoms with Gasteiger partial charge in [-0.1, -0.05) is 30.0 Å². The number of rotatable bonds is 9. The molecule has 0 saturated carbocycles. The minimum absolute atomic E-state index is 0.142. The quantitative estimate of drug-likeness (QED) is 0.320. The number of ether oxygens (including phenoxy) is 1. The molecule has 0 aliphatic carbocycles. The zero-order valence-corrected chi connectivity index (χ0v) is 21.0. The zero-order chi connectivity index (χ0) is 25.5. The fourth-order valence-corrected chi connectivity index (χ4v) is 4.39. The lowest BCUT2D eigenvalue weighted by Crippen LogP contribution is -2.16. The standard InChI is InChI=1S/C26H26N6O3S/c1-4-32-24(18-10-12-27-13-11-18)30-31-26(32)36-16-23(33)28-21-14-17(2)20(15-22(21)35-3)29-25(34)19-8-6-5-7-9-19/h5-15H,4,16H2,1-3H3,(H,28,33)(H,29,34). The fourth-order valence-electron chi connectivity index (χ4n) is 3.58. The van der Waals surface area contributed by atoms with E-state index in [9.17, 15) is 9.59 Å². The zero-order valence-electron chi connectivity index (χ0n) is 20.2. The van der Waals surface area contributed by atoms with Gasteiger partial charge in [0, 0.05) is 41.8 Å². The molecule has 0 unspecified atom stereocenters. The van der Waals surface area contributed by atoms with Crippen molar-refractivity contribution in [3.8, 4) is 17.1 Å². The summed E-state index contributed by atoms with van der Waals surface area (Å²) >= 11 is 1.31. The van der Waals surface area contributed by atoms with E-state index in [1.54, 1.807) is 36.7 Å². The molecule has 4 rings (SSSR count). The Bertz CT molecular complexity index is 1360. The van der Waals surface area contributed by atoms with Gasteiger partial charge in [-0.25, -0.2) is 0 Å². The summed E-state index contributed by atoms with van der Waals surface area (Å²) in [4.78, 5) is 29.4. The van der Waals surface area contributed by atoms with E-state index in [-0.39, 0.29) is 17.6 Å². The van der Waals surface area contributed by atoms with E-state index in [0.29, 0.717) is 34.4 Å². The van der Waals surface area contributed by atoms with Gasteiger partial charge in [0.2, 0.25) is 5.91 Å². The van der Waals surface area contributed by atoms with Crippen LogP contribution >= 0.6 is 11.8 Å². The van der Waals surface area contributed by atoms with Crippen LogP contribution in [0.25, 0.3) is 11.4 Å². The number of hydrogen-bond donors (Lipinski definition) is 2. The molecule has 0 radical (unpaired) electrons. The van der Waals surface area contributed by atoms with Crippen molar-refractivity contribution in [2.24, 2.45) is 0 Å². The molecule has 0 aliphatic rings. The molecular formula is C26H26N6O3S. The number of thioether (sulfide) groups is 1. The second kappa shape index (κ2) is 11.5. The predicted octanol–water partition coefficient (Wildman–Crippen LogP) is 4.66. The minimum atomic E-state index is -0.222. The number of aromatic nitrogens is 4. The van der Waals surface area contributed by atoms with Crippen molar-refractivity contribution in [2.45, 2.75) is 25.5 Å². The van der Waals surface area contributed by atoms with Crippen molar-refractivity contribution in [3.05, 3.63) is 78.1 Å². The third kappa shape index (κ3) is 5.72. The van der Waals surface area contributed by atoms with Crippen LogP contribution in [0.2, 0.25) is 0 Å². The van der Waals surface area contributed by atoms with Crippen LogP contribution in [0.3, 0.4) is 0 Å². The van der Waals surface area contributed by atoms with Crippen LogP contribution in [0.4, 0.5) is 11.4 Å². The summed E-state index contributed by atoms with van der Waals surface area (Å²) in [5, 5.41) is 15.0. The Kier molecular flexibility index (Phi) is 7.96. The Morgan fingerprint density at radius 2 is 1.75 bits per heavy atom. The minimum Gasteiger partial charge on any atom is -0.494 e. The number of benzene rings is 2. The summed E-state index contributed by atoms with van der Waals surface area (Å²) in [5.74, 6) is 0.880. The van der Waals surface area contributed by atoms with Crippen LogP contribution in [-0.2, 0) is 11.3 Å². The Hall–Kier alpha value is -4.18. The number of carbonyl (C=O) groups excluding carboxylic acids is 2. The molecule has 4 aromatic rings. The van der Waals surface area contributed by atoms with Gasteiger partial charge in [-0.3, -0.25) is 14.6 Å². The molecule has 0 bridgehead atoms. The van der Waals surface area contributed by atoms with E-state index < -0.39 is 0 Å². The molecule has 0 atom stereocenters. The predicted molar refractivity (Wildman–Crippen MR) is 140 cm³/mol. The number of pyridine rings is 1. The number of hydrogen-bond acceptors (Lipinski definition) is 7. The van der Waals surface area contributed by atoms with Crippen LogP contribution in [0, 0.1) is 6.92 Å². The summed E-state index contributed by atoms with van der Waals surface area (Å²) in [6, 6.07) is 16.2. The lowest BCUT2D eigenvalue weighted by molar-refractivity contribution is -0.113. The normalized spacial score (nSPS) is 10.6. The molecule has 2 amide bonds. The topological polar surface area (TPSA) is 111 Å². The average molecular weight is 503 g/mol. The maximum atomic E-state index is 12.8. The van der Waals surface area contributed by atoms with Gasteiger partial charge in [-0.15, -0.1) is 10.2 Å². The van der Waals surface area contributed by atoms with Crippen molar-refractivity contribution in [2.75, 3.05) is 23.5 Å². The Morgan fingerprint density at radius 1 is 1.00 bits per heavy atom. The van der Waals surface area contributed by atoms with Crippen molar-refractivity contribution < 1.29 is 14.3 Å². The maximum Gasteiger partial charge on any atom is 0.255 e. The van der Waals surface area contributed by atoms with Gasteiger partial charge in [0.05, 0.1) is 18.6 Å². The van der Waals surface area contributed by atoms with E-state index in [1.165, 1.54) is 18.9 Å². The Labute approximate surface area is 213 Å². The lowest BCUT2D eigenvalue weighted by atomic mass is 10.1. The highest BCUT2D eigenvalue weighted by Crippen LogP contribution is 2.32. The highest BCUT2D eigenvalue weighted by molar-refractivity contribution is 7.99. The van der Waals surface area contributed by atoms with Crippen LogP contribution < -0.4 is 15.4 Å². The molecule has 2 aromatic heterocycles. The van der Waals surface area contributed by atoms with Crippen LogP contribution in [-0.4, -0.2) is 44.4 Å². The van der Waals surface area contributed by atoms with Gasteiger partial charge >= 0.3 is 0 Å². The van der Waals surface area contributed by atoms with Crippen LogP contribution in [0.15, 0.2) is 72.1 Å². The number of nitrogens with zero attached hydrogens (tertiary/aromatic N) is 4. The molecule has 10 heteroatoms. The Morgan fingerprint density at radius 3 is 2.44 bits per heavy atom. The van der Waals surface area contributed by atoms with E-state index in [0.717, 1.165) is 17.0 Å². The fraction of sp³-hybridized carbons (Fsp3) is 0.192. The summed E-state index contributed by atoms with van der Waals surface area (Å²) in [6.07, 6.45) is 3.41. The van der Waals surface area contributed by atoms with Crippen LogP contribution in [0.1, 0.15) is 22.8 Å². The molecule has 0 saturated heterocycles. The largest absolute Gasteiger partial charge is 0.494 e. The second-order valence-electron chi connectivity index (χ2n) is 7.81. The first-order chi connectivity index (χ1) is 17.5. The monoisotopic (exact) mass is 502 g/mol. The lowest BCUT2D eigenvalue weighted by Gasteiger charge is -2.15. The van der Waals surface area contributed by atoms with Gasteiger partial charge < -0.3 is 19.9 Å². The van der Waals surface area contributed by atoms with Crippen LogP contribution in [0.5, 0.6) is 5.75 Å². The average Bonchev–Trinajstić information content (AvgIpc) is 3.33. The van der Waals surface area contributed by atoms with E-state index in [1.807, 2.05) is 48.7 Å². The molecule has 0 aliphatic heterocycles. The number of carbonyl (C=O) groups is 2. The van der Waals surface area contributed by atoms with Gasteiger partial charge in [-0.2, -0.15) is 0 Å². The van der Waals surface area contributed by atoms with Crippen molar-refractivity contribution in [1.29, 1.82) is 0 Å². The van der Waals surface area contributed by atoms with Gasteiger partial charge in [0.15, 0.2) is 11.0 Å². The highest BCUT2D eigenvalue weighted by atomic mass is 32.2. The summed E-state index contributed by atoms with van der Waals surface area (Å²) in [7, 11) is 1.52. The molecule has 9 nitrogen and oxygen atoms in total. The maximum absolute atomic E-state index is 12.8. The number of anilines is 2. The van der Waals surface area contributed by atoms with Gasteiger partial charge in [0.25, 0.3) is 5.91 Å². The van der Waals surface area contributed by atoms with E-state index >= 15 is 0 Å². The molecule has 2 heterocycles. The molecule has 2 aromatic carbocycles. The summed E-state index contributed by atoms with van der Waals surface area (Å²) in [6.45, 7) is 4.52. The second-order valence-corrected chi connectivity index (χ2v) is 8.75. The molecular weight excluding hydrogens is 476 g/mol. The first-order valence-corrected chi connectivity index (χ1v) is 12.3. The smallest absolute Gasteiger partial charge is 0.255 e. The number of aryl methyl sites for hydroxylation is 1. The van der Waals surface area contributed by atoms with E-state index in [4.69, 9.17) is 4.74 Å². The molecule has 0 fully saturated rings.